The molecule has 0 spiro atoms. The number of aliphatic imine (C=N–C) groups is 1. The molecule has 1 aromatic heterocycles. The second kappa shape index (κ2) is 9.48. The second-order valence-electron chi connectivity index (χ2n) is 6.51. The first-order chi connectivity index (χ1) is 13.2. The summed E-state index contributed by atoms with van der Waals surface area (Å²) < 4.78 is 23.7. The van der Waals surface area contributed by atoms with Crippen molar-refractivity contribution < 1.29 is 13.7 Å². The van der Waals surface area contributed by atoms with Gasteiger partial charge in [-0.1, -0.05) is 11.2 Å². The van der Waals surface area contributed by atoms with Crippen LogP contribution in [0.4, 0.5) is 4.39 Å². The van der Waals surface area contributed by atoms with E-state index in [1.807, 2.05) is 12.1 Å². The van der Waals surface area contributed by atoms with Crippen LogP contribution < -0.4 is 5.32 Å². The van der Waals surface area contributed by atoms with Crippen LogP contribution in [-0.2, 0) is 24.4 Å². The van der Waals surface area contributed by atoms with Gasteiger partial charge in [-0.3, -0.25) is 9.89 Å². The third kappa shape index (κ3) is 5.27. The van der Waals surface area contributed by atoms with Gasteiger partial charge >= 0.3 is 0 Å². The summed E-state index contributed by atoms with van der Waals surface area (Å²) in [5.74, 6) is 0.613. The molecule has 0 radical (unpaired) electrons. The van der Waals surface area contributed by atoms with Crippen LogP contribution in [0.1, 0.15) is 16.8 Å². The van der Waals surface area contributed by atoms with E-state index in [1.54, 1.807) is 26.5 Å². The molecule has 0 aliphatic carbocycles. The molecule has 1 saturated heterocycles. The monoisotopic (exact) mass is 375 g/mol. The number of piperazine rings is 1. The number of halogens is 1. The minimum atomic E-state index is -0.242. The summed E-state index contributed by atoms with van der Waals surface area (Å²) >= 11 is 0. The lowest BCUT2D eigenvalue weighted by molar-refractivity contribution is 0.169. The summed E-state index contributed by atoms with van der Waals surface area (Å²) in [6.45, 7) is 5.29. The fourth-order valence-electron chi connectivity index (χ4n) is 3.18. The maximum absolute atomic E-state index is 13.7. The molecular formula is C19H26FN5O2. The van der Waals surface area contributed by atoms with Gasteiger partial charge in [-0.05, 0) is 17.7 Å². The first kappa shape index (κ1) is 19.3. The van der Waals surface area contributed by atoms with Crippen LogP contribution in [0.3, 0.4) is 0 Å². The highest BCUT2D eigenvalue weighted by molar-refractivity contribution is 5.80. The average Bonchev–Trinajstić information content (AvgIpc) is 3.19. The summed E-state index contributed by atoms with van der Waals surface area (Å²) in [5, 5.41) is 7.34. The van der Waals surface area contributed by atoms with Gasteiger partial charge in [-0.15, -0.1) is 0 Å². The van der Waals surface area contributed by atoms with Crippen molar-refractivity contribution in [3.05, 3.63) is 53.2 Å². The number of methoxy groups -OCH3 is 1. The predicted octanol–water partition coefficient (Wildman–Crippen LogP) is 1.85. The molecule has 0 saturated carbocycles. The molecule has 0 bridgehead atoms. The van der Waals surface area contributed by atoms with Gasteiger partial charge in [0.2, 0.25) is 0 Å². The van der Waals surface area contributed by atoms with E-state index >= 15 is 0 Å². The highest BCUT2D eigenvalue weighted by atomic mass is 19.1. The summed E-state index contributed by atoms with van der Waals surface area (Å²) in [6.07, 6.45) is 1.60. The number of nitrogens with one attached hydrogen (secondary N) is 1. The lowest BCUT2D eigenvalue weighted by atomic mass is 10.1. The van der Waals surface area contributed by atoms with Crippen LogP contribution in [0.25, 0.3) is 0 Å². The SMILES string of the molecule is CN=C(NCc1ccc(F)c(COC)c1)N1CCN(Cc2ccon2)CC1. The van der Waals surface area contributed by atoms with E-state index in [0.29, 0.717) is 12.1 Å². The third-order valence-corrected chi connectivity index (χ3v) is 4.62. The van der Waals surface area contributed by atoms with Crippen LogP contribution in [0.5, 0.6) is 0 Å². The van der Waals surface area contributed by atoms with E-state index in [9.17, 15) is 4.39 Å². The molecule has 1 N–H and O–H groups in total. The first-order valence-corrected chi connectivity index (χ1v) is 9.03. The van der Waals surface area contributed by atoms with E-state index < -0.39 is 0 Å². The summed E-state index contributed by atoms with van der Waals surface area (Å²) in [7, 11) is 3.35. The van der Waals surface area contributed by atoms with E-state index in [1.165, 1.54) is 6.07 Å². The van der Waals surface area contributed by atoms with Crippen LogP contribution in [0, 0.1) is 5.82 Å². The van der Waals surface area contributed by atoms with Crippen molar-refractivity contribution in [2.45, 2.75) is 19.7 Å². The van der Waals surface area contributed by atoms with Crippen molar-refractivity contribution in [1.82, 2.24) is 20.3 Å². The molecular weight excluding hydrogens is 349 g/mol. The van der Waals surface area contributed by atoms with E-state index in [2.05, 4.69) is 25.3 Å². The van der Waals surface area contributed by atoms with Crippen molar-refractivity contribution in [2.24, 2.45) is 4.99 Å². The lowest BCUT2D eigenvalue weighted by Gasteiger charge is -2.36. The Labute approximate surface area is 158 Å². The number of guanidine groups is 1. The van der Waals surface area contributed by atoms with E-state index in [0.717, 1.165) is 49.9 Å². The Morgan fingerprint density at radius 2 is 2.11 bits per heavy atom. The zero-order valence-electron chi connectivity index (χ0n) is 15.8. The first-order valence-electron chi connectivity index (χ1n) is 9.03. The fourth-order valence-corrected chi connectivity index (χ4v) is 3.18. The number of ether oxygens (including phenoxy) is 1. The molecule has 8 heteroatoms. The standard InChI is InChI=1S/C19H26FN5O2/c1-21-19(22-12-15-3-4-18(20)16(11-15)14-26-2)25-8-6-24(7-9-25)13-17-5-10-27-23-17/h3-5,10-11H,6-9,12-14H2,1-2H3,(H,21,22). The fraction of sp³-hybridized carbons (Fsp3) is 0.474. The molecule has 27 heavy (non-hydrogen) atoms. The highest BCUT2D eigenvalue weighted by Crippen LogP contribution is 2.12. The van der Waals surface area contributed by atoms with Gasteiger partial charge in [0, 0.05) is 65.1 Å². The third-order valence-electron chi connectivity index (χ3n) is 4.62. The zero-order valence-corrected chi connectivity index (χ0v) is 15.8. The molecule has 0 amide bonds. The Hall–Kier alpha value is -2.45. The molecule has 0 unspecified atom stereocenters. The van der Waals surface area contributed by atoms with E-state index in [-0.39, 0.29) is 12.4 Å². The molecule has 1 aromatic carbocycles. The summed E-state index contributed by atoms with van der Waals surface area (Å²) in [5.41, 5.74) is 2.51. The van der Waals surface area contributed by atoms with Crippen molar-refractivity contribution in [1.29, 1.82) is 0 Å². The number of nitrogens with zero attached hydrogens (tertiary/aromatic N) is 4. The Bertz CT molecular complexity index is 743. The molecule has 1 fully saturated rings. The van der Waals surface area contributed by atoms with Crippen LogP contribution >= 0.6 is 0 Å². The molecule has 146 valence electrons. The Morgan fingerprint density at radius 3 is 2.78 bits per heavy atom. The molecule has 2 heterocycles. The van der Waals surface area contributed by atoms with Gasteiger partial charge in [0.25, 0.3) is 0 Å². The molecule has 0 atom stereocenters. The van der Waals surface area contributed by atoms with Crippen LogP contribution in [-0.4, -0.2) is 61.3 Å². The Kier molecular flexibility index (Phi) is 6.78. The molecule has 1 aliphatic heterocycles. The van der Waals surface area contributed by atoms with Gasteiger partial charge < -0.3 is 19.5 Å². The van der Waals surface area contributed by atoms with Gasteiger partial charge in [0.05, 0.1) is 12.3 Å². The van der Waals surface area contributed by atoms with Crippen molar-refractivity contribution in [3.8, 4) is 0 Å². The second-order valence-corrected chi connectivity index (χ2v) is 6.51. The predicted molar refractivity (Wildman–Crippen MR) is 101 cm³/mol. The number of rotatable bonds is 6. The number of benzene rings is 1. The van der Waals surface area contributed by atoms with E-state index in [4.69, 9.17) is 9.26 Å². The highest BCUT2D eigenvalue weighted by Gasteiger charge is 2.20. The maximum Gasteiger partial charge on any atom is 0.194 e. The van der Waals surface area contributed by atoms with Crippen molar-refractivity contribution in [2.75, 3.05) is 40.3 Å². The summed E-state index contributed by atoms with van der Waals surface area (Å²) in [6, 6.07) is 6.99. The molecule has 2 aromatic rings. The average molecular weight is 375 g/mol. The summed E-state index contributed by atoms with van der Waals surface area (Å²) in [4.78, 5) is 8.97. The van der Waals surface area contributed by atoms with Gasteiger partial charge in [-0.25, -0.2) is 4.39 Å². The topological polar surface area (TPSA) is 66.1 Å². The lowest BCUT2D eigenvalue weighted by Crippen LogP contribution is -2.52. The van der Waals surface area contributed by atoms with Gasteiger partial charge in [0.1, 0.15) is 12.1 Å². The Morgan fingerprint density at radius 1 is 1.30 bits per heavy atom. The van der Waals surface area contributed by atoms with Crippen LogP contribution in [0.15, 0.2) is 40.0 Å². The van der Waals surface area contributed by atoms with Gasteiger partial charge in [-0.2, -0.15) is 0 Å². The van der Waals surface area contributed by atoms with Crippen molar-refractivity contribution in [3.63, 3.8) is 0 Å². The smallest absolute Gasteiger partial charge is 0.194 e. The van der Waals surface area contributed by atoms with Crippen LogP contribution in [0.2, 0.25) is 0 Å². The Balaban J connectivity index is 1.50. The minimum Gasteiger partial charge on any atom is -0.380 e. The number of aromatic nitrogens is 1. The minimum absolute atomic E-state index is 0.242. The van der Waals surface area contributed by atoms with Crippen molar-refractivity contribution >= 4 is 5.96 Å². The zero-order chi connectivity index (χ0) is 19.1. The maximum atomic E-state index is 13.7. The number of hydrogen-bond donors (Lipinski definition) is 1. The molecule has 3 rings (SSSR count). The van der Waals surface area contributed by atoms with Gasteiger partial charge in [0.15, 0.2) is 5.96 Å². The normalized spacial score (nSPS) is 16.0. The number of hydrogen-bond acceptors (Lipinski definition) is 5. The quantitative estimate of drug-likeness (QED) is 0.614. The largest absolute Gasteiger partial charge is 0.380 e. The molecule has 1 aliphatic rings. The molecule has 7 nitrogen and oxygen atoms in total.